The van der Waals surface area contributed by atoms with E-state index in [0.717, 1.165) is 43.0 Å². The van der Waals surface area contributed by atoms with Gasteiger partial charge in [0, 0.05) is 31.8 Å². The third-order valence-corrected chi connectivity index (χ3v) is 13.4. The summed E-state index contributed by atoms with van der Waals surface area (Å²) in [4.78, 5) is 0. The van der Waals surface area contributed by atoms with E-state index < -0.39 is 14.3 Å². The van der Waals surface area contributed by atoms with Crippen molar-refractivity contribution >= 4 is 46.1 Å². The minimum Gasteiger partial charge on any atom is -0.309 e. The third-order valence-electron chi connectivity index (χ3n) is 7.27. The summed E-state index contributed by atoms with van der Waals surface area (Å²) >= 11 is 0. The second-order valence-electron chi connectivity index (χ2n) is 9.65. The van der Waals surface area contributed by atoms with Gasteiger partial charge < -0.3 is 9.13 Å². The van der Waals surface area contributed by atoms with Crippen molar-refractivity contribution in [1.29, 1.82) is 0 Å². The summed E-state index contributed by atoms with van der Waals surface area (Å²) in [5, 5.41) is 4.85. The summed E-state index contributed by atoms with van der Waals surface area (Å²) < 4.78 is 29.3. The number of benzene rings is 6. The molecule has 0 N–H and O–H groups in total. The van der Waals surface area contributed by atoms with E-state index in [1.807, 2.05) is 170 Å². The van der Waals surface area contributed by atoms with Crippen molar-refractivity contribution in [3.63, 3.8) is 0 Å². The molecule has 0 aliphatic carbocycles. The molecular formula is C36H28O2P2. The van der Waals surface area contributed by atoms with Crippen LogP contribution in [0.2, 0.25) is 0 Å². The van der Waals surface area contributed by atoms with Gasteiger partial charge in [-0.1, -0.05) is 170 Å². The maximum absolute atomic E-state index is 14.7. The van der Waals surface area contributed by atoms with Gasteiger partial charge in [-0.2, -0.15) is 0 Å². The fraction of sp³-hybridized carbons (Fsp3) is 0. The summed E-state index contributed by atoms with van der Waals surface area (Å²) in [5.74, 6) is 0. The lowest BCUT2D eigenvalue weighted by Crippen LogP contribution is -2.25. The van der Waals surface area contributed by atoms with Crippen LogP contribution in [0.5, 0.6) is 0 Å². The number of rotatable bonds is 7. The third kappa shape index (κ3) is 4.71. The first-order valence-corrected chi connectivity index (χ1v) is 16.7. The van der Waals surface area contributed by atoms with E-state index >= 15 is 0 Å². The van der Waals surface area contributed by atoms with Gasteiger partial charge in [0.15, 0.2) is 14.3 Å². The number of hydrogen-bond acceptors (Lipinski definition) is 2. The molecule has 0 atom stereocenters. The zero-order valence-corrected chi connectivity index (χ0v) is 23.7. The Morgan fingerprint density at radius 3 is 0.675 bits per heavy atom. The molecule has 40 heavy (non-hydrogen) atoms. The van der Waals surface area contributed by atoms with Crippen LogP contribution in [0, 0.1) is 0 Å². The maximum Gasteiger partial charge on any atom is 0.171 e. The molecular weight excluding hydrogens is 526 g/mol. The molecule has 0 saturated heterocycles. The van der Waals surface area contributed by atoms with Crippen molar-refractivity contribution in [2.75, 3.05) is 0 Å². The minimum atomic E-state index is -3.02. The molecule has 0 radical (unpaired) electrons. The first-order valence-electron chi connectivity index (χ1n) is 13.2. The quantitative estimate of drug-likeness (QED) is 0.208. The second-order valence-corrected chi connectivity index (χ2v) is 15.2. The molecule has 0 saturated carbocycles. The SMILES string of the molecule is O=P(c1ccccc1)(c1ccccc1)c1ccc(-c2ccc(P(=O)(c3ccccc3)c3ccccc3)cc2)cc1. The summed E-state index contributed by atoms with van der Waals surface area (Å²) in [6.07, 6.45) is 0. The zero-order chi connectivity index (χ0) is 27.4. The van der Waals surface area contributed by atoms with Crippen LogP contribution in [0.3, 0.4) is 0 Å². The minimum absolute atomic E-state index is 0.794. The molecule has 2 nitrogen and oxygen atoms in total. The number of hydrogen-bond donors (Lipinski definition) is 0. The van der Waals surface area contributed by atoms with Crippen LogP contribution in [0.1, 0.15) is 0 Å². The molecule has 4 heteroatoms. The fourth-order valence-corrected chi connectivity index (χ4v) is 10.5. The highest BCUT2D eigenvalue weighted by Gasteiger charge is 2.30. The van der Waals surface area contributed by atoms with Gasteiger partial charge in [0.1, 0.15) is 0 Å². The standard InChI is InChI=1S/C36H28O2P2/c37-39(31-13-5-1-6-14-31,32-15-7-2-8-16-32)35-25-21-29(22-26-35)30-23-27-36(28-24-30)40(38,33-17-9-3-10-18-33)34-19-11-4-12-20-34/h1-28H. The summed E-state index contributed by atoms with van der Waals surface area (Å²) in [6, 6.07) is 54.8. The lowest BCUT2D eigenvalue weighted by Gasteiger charge is -2.21. The van der Waals surface area contributed by atoms with E-state index in [0.29, 0.717) is 0 Å². The van der Waals surface area contributed by atoms with E-state index in [2.05, 4.69) is 0 Å². The van der Waals surface area contributed by atoms with Crippen LogP contribution in [-0.2, 0) is 9.13 Å². The predicted molar refractivity (Wildman–Crippen MR) is 171 cm³/mol. The van der Waals surface area contributed by atoms with E-state index in [1.165, 1.54) is 0 Å². The lowest BCUT2D eigenvalue weighted by atomic mass is 10.1. The largest absolute Gasteiger partial charge is 0.309 e. The van der Waals surface area contributed by atoms with Gasteiger partial charge in [-0.15, -0.1) is 0 Å². The van der Waals surface area contributed by atoms with Crippen LogP contribution in [0.25, 0.3) is 11.1 Å². The Balaban J connectivity index is 1.37. The normalized spacial score (nSPS) is 11.7. The van der Waals surface area contributed by atoms with Gasteiger partial charge in [-0.3, -0.25) is 0 Å². The van der Waals surface area contributed by atoms with Crippen molar-refractivity contribution in [3.8, 4) is 11.1 Å². The Bertz CT molecular complexity index is 1570. The average molecular weight is 555 g/mol. The summed E-state index contributed by atoms with van der Waals surface area (Å²) in [6.45, 7) is 0. The van der Waals surface area contributed by atoms with E-state index in [-0.39, 0.29) is 0 Å². The smallest absolute Gasteiger partial charge is 0.171 e. The highest BCUT2D eigenvalue weighted by atomic mass is 31.2. The maximum atomic E-state index is 14.7. The predicted octanol–water partition coefficient (Wildman–Crippen LogP) is 6.63. The molecule has 6 aromatic rings. The molecule has 0 fully saturated rings. The van der Waals surface area contributed by atoms with Gasteiger partial charge in [-0.25, -0.2) is 0 Å². The van der Waals surface area contributed by atoms with Crippen molar-refractivity contribution < 1.29 is 9.13 Å². The first kappa shape index (κ1) is 26.0. The molecule has 0 aromatic heterocycles. The zero-order valence-electron chi connectivity index (χ0n) is 21.9. The van der Waals surface area contributed by atoms with E-state index in [4.69, 9.17) is 0 Å². The molecule has 0 heterocycles. The molecule has 0 bridgehead atoms. The molecule has 0 amide bonds. The molecule has 0 unspecified atom stereocenters. The van der Waals surface area contributed by atoms with Gasteiger partial charge in [-0.05, 0) is 11.1 Å². The Morgan fingerprint density at radius 1 is 0.250 bits per heavy atom. The lowest BCUT2D eigenvalue weighted by molar-refractivity contribution is 0.591. The molecule has 0 aliphatic rings. The van der Waals surface area contributed by atoms with Gasteiger partial charge in [0.25, 0.3) is 0 Å². The highest BCUT2D eigenvalue weighted by molar-refractivity contribution is 7.85. The Morgan fingerprint density at radius 2 is 0.450 bits per heavy atom. The van der Waals surface area contributed by atoms with Crippen molar-refractivity contribution in [1.82, 2.24) is 0 Å². The first-order chi connectivity index (χ1) is 19.6. The Kier molecular flexibility index (Phi) is 7.23. The second kappa shape index (κ2) is 11.1. The van der Waals surface area contributed by atoms with E-state index in [1.54, 1.807) is 0 Å². The van der Waals surface area contributed by atoms with Gasteiger partial charge >= 0.3 is 0 Å². The Labute approximate surface area is 235 Å². The average Bonchev–Trinajstić information content (AvgIpc) is 3.06. The Hall–Kier alpha value is -4.22. The van der Waals surface area contributed by atoms with Crippen LogP contribution < -0.4 is 31.8 Å². The van der Waals surface area contributed by atoms with Crippen LogP contribution in [0.15, 0.2) is 170 Å². The van der Waals surface area contributed by atoms with Crippen molar-refractivity contribution in [2.45, 2.75) is 0 Å². The van der Waals surface area contributed by atoms with Crippen LogP contribution in [-0.4, -0.2) is 0 Å². The monoisotopic (exact) mass is 554 g/mol. The van der Waals surface area contributed by atoms with Gasteiger partial charge in [0.05, 0.1) is 0 Å². The summed E-state index contributed by atoms with van der Waals surface area (Å²) in [7, 11) is -6.05. The van der Waals surface area contributed by atoms with E-state index in [9.17, 15) is 9.13 Å². The fourth-order valence-electron chi connectivity index (χ4n) is 5.17. The molecule has 6 rings (SSSR count). The van der Waals surface area contributed by atoms with Crippen molar-refractivity contribution in [3.05, 3.63) is 170 Å². The van der Waals surface area contributed by atoms with Crippen LogP contribution in [0.4, 0.5) is 0 Å². The van der Waals surface area contributed by atoms with Crippen LogP contribution >= 0.6 is 14.3 Å². The van der Waals surface area contributed by atoms with Crippen molar-refractivity contribution in [2.24, 2.45) is 0 Å². The molecule has 0 spiro atoms. The molecule has 0 aliphatic heterocycles. The molecule has 6 aromatic carbocycles. The topological polar surface area (TPSA) is 34.1 Å². The van der Waals surface area contributed by atoms with Gasteiger partial charge in [0.2, 0.25) is 0 Å². The summed E-state index contributed by atoms with van der Waals surface area (Å²) in [5.41, 5.74) is 2.02. The molecule has 194 valence electrons. The highest BCUT2D eigenvalue weighted by Crippen LogP contribution is 2.44.